The van der Waals surface area contributed by atoms with Crippen molar-refractivity contribution in [2.75, 3.05) is 6.61 Å². The molecule has 11 heteroatoms. The third-order valence-electron chi connectivity index (χ3n) is 3.47. The van der Waals surface area contributed by atoms with Gasteiger partial charge in [0.25, 0.3) is 0 Å². The number of ether oxygens (including phenoxy) is 2. The fraction of sp³-hybridized carbons (Fsp3) is 0.500. The highest BCUT2D eigenvalue weighted by molar-refractivity contribution is 5.68. The summed E-state index contributed by atoms with van der Waals surface area (Å²) in [5.74, 6) is 0.130. The highest BCUT2D eigenvalue weighted by atomic mass is 19.4. The molecule has 2 heterocycles. The molecule has 0 N–H and O–H groups in total. The summed E-state index contributed by atoms with van der Waals surface area (Å²) in [5, 5.41) is 7.46. The predicted molar refractivity (Wildman–Crippen MR) is 95.8 cm³/mol. The summed E-state index contributed by atoms with van der Waals surface area (Å²) < 4.78 is 46.7. The van der Waals surface area contributed by atoms with Crippen LogP contribution in [0.15, 0.2) is 30.6 Å². The van der Waals surface area contributed by atoms with E-state index in [2.05, 4.69) is 24.9 Å². The van der Waals surface area contributed by atoms with E-state index in [1.165, 1.54) is 17.0 Å². The van der Waals surface area contributed by atoms with Crippen molar-refractivity contribution in [1.82, 2.24) is 25.1 Å². The molecular formula is C18H22F3N5O3. The largest absolute Gasteiger partial charge is 0.467 e. The van der Waals surface area contributed by atoms with Gasteiger partial charge in [0.2, 0.25) is 5.88 Å². The van der Waals surface area contributed by atoms with Crippen molar-refractivity contribution < 1.29 is 27.4 Å². The molecular weight excluding hydrogens is 391 g/mol. The number of rotatable bonds is 6. The molecule has 8 nitrogen and oxygen atoms in total. The van der Waals surface area contributed by atoms with E-state index >= 15 is 0 Å². The molecule has 0 radical (unpaired) electrons. The first kappa shape index (κ1) is 22.3. The fourth-order valence-electron chi connectivity index (χ4n) is 2.19. The fourth-order valence-corrected chi connectivity index (χ4v) is 2.19. The zero-order valence-electron chi connectivity index (χ0n) is 16.5. The summed E-state index contributed by atoms with van der Waals surface area (Å²) in [5.41, 5.74) is -0.397. The molecule has 29 heavy (non-hydrogen) atoms. The van der Waals surface area contributed by atoms with Crippen molar-refractivity contribution in [3.63, 3.8) is 0 Å². The molecule has 2 aromatic rings. The van der Waals surface area contributed by atoms with E-state index in [9.17, 15) is 18.0 Å². The van der Waals surface area contributed by atoms with Gasteiger partial charge in [-0.15, -0.1) is 5.10 Å². The maximum absolute atomic E-state index is 12.7. The zero-order chi connectivity index (χ0) is 21.7. The van der Waals surface area contributed by atoms with Crippen molar-refractivity contribution >= 4 is 6.09 Å². The number of alkyl halides is 3. The van der Waals surface area contributed by atoms with Gasteiger partial charge in [-0.1, -0.05) is 0 Å². The van der Waals surface area contributed by atoms with Crippen LogP contribution < -0.4 is 4.74 Å². The average Bonchev–Trinajstić information content (AvgIpc) is 2.63. The summed E-state index contributed by atoms with van der Waals surface area (Å²) in [7, 11) is 0. The van der Waals surface area contributed by atoms with Crippen molar-refractivity contribution in [2.45, 2.75) is 52.1 Å². The van der Waals surface area contributed by atoms with Crippen molar-refractivity contribution in [1.29, 1.82) is 0 Å². The van der Waals surface area contributed by atoms with Crippen LogP contribution in [0.3, 0.4) is 0 Å². The van der Waals surface area contributed by atoms with Crippen LogP contribution in [0.1, 0.15) is 45.3 Å². The Morgan fingerprint density at radius 2 is 1.79 bits per heavy atom. The second kappa shape index (κ2) is 9.01. The van der Waals surface area contributed by atoms with Crippen LogP contribution >= 0.6 is 0 Å². The molecule has 158 valence electrons. The van der Waals surface area contributed by atoms with Crippen LogP contribution in [0.2, 0.25) is 0 Å². The predicted octanol–water partition coefficient (Wildman–Crippen LogP) is 3.71. The Balaban J connectivity index is 2.17. The highest BCUT2D eigenvalue weighted by Gasteiger charge is 2.30. The van der Waals surface area contributed by atoms with Crippen molar-refractivity contribution in [2.24, 2.45) is 0 Å². The van der Waals surface area contributed by atoms with Gasteiger partial charge in [-0.2, -0.15) is 18.3 Å². The van der Waals surface area contributed by atoms with Gasteiger partial charge in [-0.25, -0.2) is 14.8 Å². The maximum atomic E-state index is 12.7. The van der Waals surface area contributed by atoms with Gasteiger partial charge in [0.1, 0.15) is 5.60 Å². The molecule has 0 spiro atoms. The van der Waals surface area contributed by atoms with Gasteiger partial charge in [0.15, 0.2) is 12.4 Å². The molecule has 0 aromatic carbocycles. The first-order valence-corrected chi connectivity index (χ1v) is 8.73. The van der Waals surface area contributed by atoms with Gasteiger partial charge >= 0.3 is 12.3 Å². The van der Waals surface area contributed by atoms with Gasteiger partial charge in [-0.05, 0) is 39.8 Å². The zero-order valence-corrected chi connectivity index (χ0v) is 16.5. The summed E-state index contributed by atoms with van der Waals surface area (Å²) in [6.07, 6.45) is -1.98. The number of aromatic nitrogens is 4. The Morgan fingerprint density at radius 1 is 1.14 bits per heavy atom. The van der Waals surface area contributed by atoms with Gasteiger partial charge in [0.05, 0.1) is 18.3 Å². The first-order chi connectivity index (χ1) is 13.4. The van der Waals surface area contributed by atoms with E-state index in [4.69, 9.17) is 4.74 Å². The normalized spacial score (nSPS) is 12.9. The number of carbonyl (C=O) groups excluding carboxylic acids is 1. The van der Waals surface area contributed by atoms with E-state index in [-0.39, 0.29) is 12.4 Å². The Kier molecular flexibility index (Phi) is 6.93. The quantitative estimate of drug-likeness (QED) is 0.713. The minimum Gasteiger partial charge on any atom is -0.467 e. The molecule has 0 saturated heterocycles. The number of carbonyl (C=O) groups is 1. The second-order valence-electron chi connectivity index (χ2n) is 7.16. The SMILES string of the molecule is C[C@H](c1ncccn1)N(Cc1ccc(OCC(F)(F)F)nn1)C(=O)OC(C)(C)C. The van der Waals surface area contributed by atoms with Crippen LogP contribution in [0, 0.1) is 0 Å². The molecule has 0 unspecified atom stereocenters. The molecule has 0 saturated carbocycles. The Labute approximate surface area is 166 Å². The number of amides is 1. The summed E-state index contributed by atoms with van der Waals surface area (Å²) in [6, 6.07) is 3.78. The van der Waals surface area contributed by atoms with Crippen molar-refractivity contribution in [3.8, 4) is 5.88 Å². The number of hydrogen-bond acceptors (Lipinski definition) is 7. The standard InChI is InChI=1S/C18H22F3N5O3/c1-12(15-22-8-5-9-23-15)26(16(27)29-17(2,3)4)10-13-6-7-14(25-24-13)28-11-18(19,20)21/h5-9,12H,10-11H2,1-4H3/t12-/m1/s1. The van der Waals surface area contributed by atoms with Gasteiger partial charge in [-0.3, -0.25) is 4.90 Å². The smallest absolute Gasteiger partial charge is 0.422 e. The lowest BCUT2D eigenvalue weighted by molar-refractivity contribution is -0.154. The lowest BCUT2D eigenvalue weighted by Gasteiger charge is -2.30. The van der Waals surface area contributed by atoms with Crippen LogP contribution in [-0.4, -0.2) is 49.5 Å². The van der Waals surface area contributed by atoms with E-state index in [0.29, 0.717) is 11.5 Å². The second-order valence-corrected chi connectivity index (χ2v) is 7.16. The first-order valence-electron chi connectivity index (χ1n) is 8.73. The molecule has 0 fully saturated rings. The van der Waals surface area contributed by atoms with Crippen LogP contribution in [0.4, 0.5) is 18.0 Å². The number of hydrogen-bond donors (Lipinski definition) is 0. The summed E-state index contributed by atoms with van der Waals surface area (Å²) >= 11 is 0. The van der Waals surface area contributed by atoms with Crippen LogP contribution in [-0.2, 0) is 11.3 Å². The minimum absolute atomic E-state index is 0.0130. The Hall–Kier alpha value is -2.98. The lowest BCUT2D eigenvalue weighted by atomic mass is 10.2. The molecule has 0 aliphatic heterocycles. The van der Waals surface area contributed by atoms with E-state index in [1.807, 2.05) is 0 Å². The Bertz CT molecular complexity index is 795. The molecule has 0 aliphatic carbocycles. The lowest BCUT2D eigenvalue weighted by Crippen LogP contribution is -2.38. The summed E-state index contributed by atoms with van der Waals surface area (Å²) in [6.45, 7) is 5.46. The third-order valence-corrected chi connectivity index (χ3v) is 3.47. The molecule has 1 amide bonds. The molecule has 2 aromatic heterocycles. The van der Waals surface area contributed by atoms with Gasteiger partial charge in [0, 0.05) is 18.5 Å². The van der Waals surface area contributed by atoms with E-state index in [1.54, 1.807) is 46.2 Å². The maximum Gasteiger partial charge on any atom is 0.422 e. The van der Waals surface area contributed by atoms with Crippen LogP contribution in [0.5, 0.6) is 5.88 Å². The topological polar surface area (TPSA) is 90.3 Å². The molecule has 0 bridgehead atoms. The highest BCUT2D eigenvalue weighted by Crippen LogP contribution is 2.23. The van der Waals surface area contributed by atoms with Crippen LogP contribution in [0.25, 0.3) is 0 Å². The number of halogens is 3. The van der Waals surface area contributed by atoms with E-state index < -0.39 is 30.5 Å². The summed E-state index contributed by atoms with van der Waals surface area (Å²) in [4.78, 5) is 22.4. The average molecular weight is 413 g/mol. The monoisotopic (exact) mass is 413 g/mol. The third kappa shape index (κ3) is 7.51. The minimum atomic E-state index is -4.47. The Morgan fingerprint density at radius 3 is 2.31 bits per heavy atom. The van der Waals surface area contributed by atoms with Crippen molar-refractivity contribution in [3.05, 3.63) is 42.1 Å². The molecule has 0 aliphatic rings. The molecule has 2 rings (SSSR count). The number of nitrogens with zero attached hydrogens (tertiary/aromatic N) is 5. The molecule has 1 atom stereocenters. The van der Waals surface area contributed by atoms with Gasteiger partial charge < -0.3 is 9.47 Å². The van der Waals surface area contributed by atoms with E-state index in [0.717, 1.165) is 0 Å².